The lowest BCUT2D eigenvalue weighted by atomic mass is 9.79. The van der Waals surface area contributed by atoms with Gasteiger partial charge in [0.05, 0.1) is 11.1 Å². The van der Waals surface area contributed by atoms with E-state index in [1.165, 1.54) is 6.07 Å². The van der Waals surface area contributed by atoms with Gasteiger partial charge in [-0.1, -0.05) is 57.4 Å². The van der Waals surface area contributed by atoms with E-state index < -0.39 is 29.9 Å². The van der Waals surface area contributed by atoms with Crippen molar-refractivity contribution in [3.63, 3.8) is 0 Å². The molecule has 2 heterocycles. The minimum Gasteiger partial charge on any atom is -0.454 e. The molecule has 2 aliphatic carbocycles. The van der Waals surface area contributed by atoms with Gasteiger partial charge < -0.3 is 4.42 Å². The van der Waals surface area contributed by atoms with Gasteiger partial charge in [-0.25, -0.2) is 8.96 Å². The molecular formula is C36H37FNO+. The van der Waals surface area contributed by atoms with Crippen molar-refractivity contribution in [3.8, 4) is 22.4 Å². The Morgan fingerprint density at radius 3 is 2.46 bits per heavy atom. The highest BCUT2D eigenvalue weighted by molar-refractivity contribution is 6.13. The Kier molecular flexibility index (Phi) is 4.54. The fourth-order valence-corrected chi connectivity index (χ4v) is 6.58. The van der Waals surface area contributed by atoms with Crippen molar-refractivity contribution in [2.45, 2.75) is 71.5 Å². The fourth-order valence-electron chi connectivity index (χ4n) is 6.58. The summed E-state index contributed by atoms with van der Waals surface area (Å²) in [6.07, 6.45) is 1.70. The molecule has 2 nitrogen and oxygen atoms in total. The highest BCUT2D eigenvalue weighted by Crippen LogP contribution is 2.47. The number of fused-ring (bicyclic) bond motifs is 4. The third-order valence-electron chi connectivity index (χ3n) is 8.43. The van der Waals surface area contributed by atoms with Crippen LogP contribution in [0.15, 0.2) is 65.2 Å². The molecule has 0 atom stereocenters. The van der Waals surface area contributed by atoms with Crippen molar-refractivity contribution < 1.29 is 20.2 Å². The van der Waals surface area contributed by atoms with Gasteiger partial charge in [0, 0.05) is 29.8 Å². The van der Waals surface area contributed by atoms with Crippen molar-refractivity contribution in [1.82, 2.24) is 0 Å². The monoisotopic (exact) mass is 523 g/mol. The number of aryl methyl sites for hydroxylation is 2. The van der Waals surface area contributed by atoms with Gasteiger partial charge in [-0.15, -0.1) is 0 Å². The summed E-state index contributed by atoms with van der Waals surface area (Å²) in [5, 5.41) is 1.60. The molecule has 0 N–H and O–H groups in total. The zero-order chi connectivity index (χ0) is 31.4. The van der Waals surface area contributed by atoms with Crippen molar-refractivity contribution in [2.24, 2.45) is 12.5 Å². The van der Waals surface area contributed by atoms with Gasteiger partial charge in [0.1, 0.15) is 24.0 Å². The van der Waals surface area contributed by atoms with E-state index in [4.69, 9.17) is 4.42 Å². The number of rotatable bonds is 3. The first-order valence-electron chi connectivity index (χ1n) is 16.5. The van der Waals surface area contributed by atoms with Crippen LogP contribution in [0.4, 0.5) is 4.39 Å². The average Bonchev–Trinajstić information content (AvgIpc) is 3.39. The van der Waals surface area contributed by atoms with Gasteiger partial charge in [0.15, 0.2) is 6.20 Å². The Bertz CT molecular complexity index is 1990. The Morgan fingerprint density at radius 2 is 1.69 bits per heavy atom. The number of nitrogens with zero attached hydrogens (tertiary/aromatic N) is 1. The van der Waals surface area contributed by atoms with Crippen LogP contribution in [0.25, 0.3) is 44.3 Å². The van der Waals surface area contributed by atoms with Gasteiger partial charge >= 0.3 is 0 Å². The minimum atomic E-state index is -2.05. The first kappa shape index (κ1) is 19.6. The fraction of sp³-hybridized carbons (Fsp3) is 0.361. The molecule has 0 radical (unpaired) electrons. The molecule has 0 amide bonds. The molecule has 0 saturated heterocycles. The number of furan rings is 1. The third-order valence-corrected chi connectivity index (χ3v) is 8.43. The summed E-state index contributed by atoms with van der Waals surface area (Å²) >= 11 is 0. The quantitative estimate of drug-likeness (QED) is 0.215. The molecule has 0 spiro atoms. The zero-order valence-corrected chi connectivity index (χ0v) is 23.0. The summed E-state index contributed by atoms with van der Waals surface area (Å²) in [6, 6.07) is 16.5. The van der Waals surface area contributed by atoms with E-state index in [-0.39, 0.29) is 16.7 Å². The highest BCUT2D eigenvalue weighted by Gasteiger charge is 2.33. The van der Waals surface area contributed by atoms with Crippen LogP contribution in [-0.4, -0.2) is 0 Å². The van der Waals surface area contributed by atoms with Crippen LogP contribution < -0.4 is 4.57 Å². The number of aromatic nitrogens is 1. The van der Waals surface area contributed by atoms with Crippen LogP contribution >= 0.6 is 0 Å². The van der Waals surface area contributed by atoms with E-state index >= 15 is 4.39 Å². The van der Waals surface area contributed by atoms with E-state index in [0.717, 1.165) is 46.9 Å². The molecule has 1 fully saturated rings. The molecule has 3 heteroatoms. The second kappa shape index (κ2) is 9.05. The third kappa shape index (κ3) is 4.01. The van der Waals surface area contributed by atoms with Gasteiger partial charge in [0.25, 0.3) is 0 Å². The van der Waals surface area contributed by atoms with E-state index in [1.54, 1.807) is 32.0 Å². The zero-order valence-electron chi connectivity index (χ0n) is 28.0. The smallest absolute Gasteiger partial charge is 0.216 e. The summed E-state index contributed by atoms with van der Waals surface area (Å²) < 4.78 is 71.1. The summed E-state index contributed by atoms with van der Waals surface area (Å²) in [5.74, 6) is -1.60. The predicted molar refractivity (Wildman–Crippen MR) is 157 cm³/mol. The van der Waals surface area contributed by atoms with Gasteiger partial charge in [-0.05, 0) is 89.8 Å². The molecule has 39 heavy (non-hydrogen) atoms. The van der Waals surface area contributed by atoms with Crippen LogP contribution in [-0.2, 0) is 19.8 Å². The van der Waals surface area contributed by atoms with E-state index in [9.17, 15) is 6.85 Å². The summed E-state index contributed by atoms with van der Waals surface area (Å²) in [6.45, 7) is 5.25. The normalized spacial score (nSPS) is 22.5. The maximum atomic E-state index is 16.1. The second-order valence-corrected chi connectivity index (χ2v) is 11.7. The largest absolute Gasteiger partial charge is 0.454 e. The topological polar surface area (TPSA) is 17.0 Å². The first-order chi connectivity index (χ1) is 20.7. The molecule has 1 saturated carbocycles. The molecule has 2 aromatic heterocycles. The summed E-state index contributed by atoms with van der Waals surface area (Å²) in [4.78, 5) is 0. The highest BCUT2D eigenvalue weighted by atomic mass is 19.1. The average molecular weight is 524 g/mol. The van der Waals surface area contributed by atoms with Crippen molar-refractivity contribution in [2.75, 3.05) is 0 Å². The van der Waals surface area contributed by atoms with Crippen LogP contribution in [0.3, 0.4) is 0 Å². The number of benzene rings is 3. The minimum absolute atomic E-state index is 0.206. The standard InChI is InChI=1S/C36H37FNO/c1-22-13-14-26-27-15-16-30(37)33(35(27)39-34(26)32(22)31-12-8-9-17-38(31)4)24-18-25-20-36(2,3)21-29(25)28(19-24)23-10-6-5-7-11-23/h8-9,12-19,23H,5-7,10-11,20-21H2,1-4H3/q+1/i20D2,21D2,23D. The van der Waals surface area contributed by atoms with Gasteiger partial charge in [-0.3, -0.25) is 0 Å². The maximum absolute atomic E-state index is 16.1. The Hall–Kier alpha value is -3.46. The van der Waals surface area contributed by atoms with Crippen LogP contribution in [0, 0.1) is 18.2 Å². The molecule has 7 rings (SSSR count). The molecule has 5 aromatic rings. The molecule has 0 bridgehead atoms. The summed E-state index contributed by atoms with van der Waals surface area (Å²) in [5.41, 5.74) is 4.08. The number of hydrogen-bond donors (Lipinski definition) is 0. The molecule has 2 aliphatic rings. The number of hydrogen-bond acceptors (Lipinski definition) is 1. The Labute approximate surface area is 237 Å². The van der Waals surface area contributed by atoms with Crippen molar-refractivity contribution in [3.05, 3.63) is 88.9 Å². The van der Waals surface area contributed by atoms with Crippen LogP contribution in [0.1, 0.15) is 81.0 Å². The molecule has 0 aliphatic heterocycles. The SMILES string of the molecule is [2H]C1(c2cc(-c3c(F)ccc4c3oc3c(-c5cccc[n+]5C)c(C)ccc34)cc3c2C([2H])([2H])C(C)(C)C3([2H])[2H])CCCCC1. The summed E-state index contributed by atoms with van der Waals surface area (Å²) in [7, 11) is 1.98. The van der Waals surface area contributed by atoms with Crippen molar-refractivity contribution >= 4 is 21.9 Å². The van der Waals surface area contributed by atoms with Crippen molar-refractivity contribution in [1.29, 1.82) is 0 Å². The number of pyridine rings is 1. The Balaban J connectivity index is 1.57. The van der Waals surface area contributed by atoms with Gasteiger partial charge in [0.2, 0.25) is 5.69 Å². The molecule has 3 aromatic carbocycles. The van der Waals surface area contributed by atoms with E-state index in [1.807, 2.05) is 55.1 Å². The van der Waals surface area contributed by atoms with E-state index in [0.29, 0.717) is 35.1 Å². The second-order valence-electron chi connectivity index (χ2n) is 11.7. The Morgan fingerprint density at radius 1 is 0.949 bits per heavy atom. The van der Waals surface area contributed by atoms with E-state index in [2.05, 4.69) is 0 Å². The lowest BCUT2D eigenvalue weighted by Crippen LogP contribution is -2.30. The lowest BCUT2D eigenvalue weighted by molar-refractivity contribution is -0.660. The predicted octanol–water partition coefficient (Wildman–Crippen LogP) is 9.36. The number of halogens is 1. The first-order valence-corrected chi connectivity index (χ1v) is 14.0. The van der Waals surface area contributed by atoms with Crippen LogP contribution in [0.2, 0.25) is 0 Å². The lowest BCUT2D eigenvalue weighted by Gasteiger charge is -2.25. The molecular weight excluding hydrogens is 481 g/mol. The van der Waals surface area contributed by atoms with Crippen LogP contribution in [0.5, 0.6) is 0 Å². The molecule has 198 valence electrons. The van der Waals surface area contributed by atoms with Gasteiger partial charge in [-0.2, -0.15) is 0 Å². The maximum Gasteiger partial charge on any atom is 0.216 e. The molecule has 0 unspecified atom stereocenters.